The molecule has 0 unspecified atom stereocenters. The standard InChI is InChI=1S/C9H13FN2O/c1-5(13)9(12)6-2-3-8(11)7(10)4-6/h2-5,9,13H,11-12H2,1H3/t5-,9+/m0/s1. The van der Waals surface area contributed by atoms with Gasteiger partial charge in [0.1, 0.15) is 5.82 Å². The van der Waals surface area contributed by atoms with Gasteiger partial charge in [-0.2, -0.15) is 0 Å². The first-order valence-corrected chi connectivity index (χ1v) is 4.01. The van der Waals surface area contributed by atoms with Gasteiger partial charge in [0.15, 0.2) is 0 Å². The van der Waals surface area contributed by atoms with E-state index in [1.807, 2.05) is 0 Å². The van der Waals surface area contributed by atoms with Gasteiger partial charge in [0.25, 0.3) is 0 Å². The lowest BCUT2D eigenvalue weighted by molar-refractivity contribution is 0.164. The van der Waals surface area contributed by atoms with Crippen LogP contribution in [-0.4, -0.2) is 11.2 Å². The van der Waals surface area contributed by atoms with Crippen molar-refractivity contribution in [3.05, 3.63) is 29.6 Å². The molecule has 0 spiro atoms. The lowest BCUT2D eigenvalue weighted by Gasteiger charge is -2.15. The third-order valence-electron chi connectivity index (χ3n) is 1.93. The van der Waals surface area contributed by atoms with Crippen LogP contribution < -0.4 is 11.5 Å². The van der Waals surface area contributed by atoms with Crippen molar-refractivity contribution in [2.75, 3.05) is 5.73 Å². The van der Waals surface area contributed by atoms with Crippen molar-refractivity contribution in [3.8, 4) is 0 Å². The van der Waals surface area contributed by atoms with E-state index in [0.717, 1.165) is 0 Å². The van der Waals surface area contributed by atoms with E-state index in [4.69, 9.17) is 16.6 Å². The second-order valence-corrected chi connectivity index (χ2v) is 3.05. The number of hydrogen-bond donors (Lipinski definition) is 3. The molecule has 0 aliphatic carbocycles. The minimum absolute atomic E-state index is 0.0848. The first kappa shape index (κ1) is 9.95. The number of hydrogen-bond acceptors (Lipinski definition) is 3. The van der Waals surface area contributed by atoms with Crippen LogP contribution in [0.15, 0.2) is 18.2 Å². The summed E-state index contributed by atoms with van der Waals surface area (Å²) >= 11 is 0. The summed E-state index contributed by atoms with van der Waals surface area (Å²) in [6, 6.07) is 3.71. The van der Waals surface area contributed by atoms with Gasteiger partial charge in [0.2, 0.25) is 0 Å². The highest BCUT2D eigenvalue weighted by Gasteiger charge is 2.12. The molecule has 0 saturated carbocycles. The maximum Gasteiger partial charge on any atom is 0.146 e. The predicted molar refractivity (Wildman–Crippen MR) is 49.4 cm³/mol. The zero-order valence-corrected chi connectivity index (χ0v) is 7.37. The Morgan fingerprint density at radius 1 is 1.46 bits per heavy atom. The van der Waals surface area contributed by atoms with Gasteiger partial charge in [-0.15, -0.1) is 0 Å². The summed E-state index contributed by atoms with van der Waals surface area (Å²) in [6.07, 6.45) is -0.706. The van der Waals surface area contributed by atoms with Crippen molar-refractivity contribution in [1.82, 2.24) is 0 Å². The van der Waals surface area contributed by atoms with Crippen LogP contribution in [0.4, 0.5) is 10.1 Å². The van der Waals surface area contributed by atoms with Gasteiger partial charge in [-0.3, -0.25) is 0 Å². The predicted octanol–water partition coefficient (Wildman–Crippen LogP) is 0.789. The van der Waals surface area contributed by atoms with Crippen LogP contribution in [0, 0.1) is 5.82 Å². The monoisotopic (exact) mass is 184 g/mol. The fraction of sp³-hybridized carbons (Fsp3) is 0.333. The van der Waals surface area contributed by atoms with Gasteiger partial charge >= 0.3 is 0 Å². The lowest BCUT2D eigenvalue weighted by atomic mass is 10.0. The van der Waals surface area contributed by atoms with E-state index in [1.54, 1.807) is 13.0 Å². The van der Waals surface area contributed by atoms with Crippen LogP contribution in [0.3, 0.4) is 0 Å². The molecule has 13 heavy (non-hydrogen) atoms. The number of nitrogens with two attached hydrogens (primary N) is 2. The Labute approximate surface area is 76.2 Å². The number of halogens is 1. The van der Waals surface area contributed by atoms with E-state index < -0.39 is 18.0 Å². The Morgan fingerprint density at radius 3 is 2.54 bits per heavy atom. The minimum Gasteiger partial charge on any atom is -0.396 e. The summed E-state index contributed by atoms with van der Waals surface area (Å²) in [5.74, 6) is -0.506. The molecule has 0 radical (unpaired) electrons. The summed E-state index contributed by atoms with van der Waals surface area (Å²) in [7, 11) is 0. The molecule has 5 N–H and O–H groups in total. The van der Waals surface area contributed by atoms with Gasteiger partial charge in [0, 0.05) is 0 Å². The van der Waals surface area contributed by atoms with E-state index in [0.29, 0.717) is 5.56 Å². The topological polar surface area (TPSA) is 72.3 Å². The molecule has 0 aromatic heterocycles. The Hall–Kier alpha value is -1.13. The molecule has 0 saturated heterocycles. The van der Waals surface area contributed by atoms with Gasteiger partial charge in [-0.25, -0.2) is 4.39 Å². The second-order valence-electron chi connectivity index (χ2n) is 3.05. The van der Waals surface area contributed by atoms with Crippen molar-refractivity contribution >= 4 is 5.69 Å². The summed E-state index contributed by atoms with van der Waals surface area (Å²) in [4.78, 5) is 0. The van der Waals surface area contributed by atoms with Crippen LogP contribution in [0.5, 0.6) is 0 Å². The summed E-state index contributed by atoms with van der Waals surface area (Å²) in [5.41, 5.74) is 11.5. The number of benzene rings is 1. The summed E-state index contributed by atoms with van der Waals surface area (Å²) in [5, 5.41) is 9.16. The first-order chi connectivity index (χ1) is 6.02. The number of aliphatic hydroxyl groups excluding tert-OH is 1. The van der Waals surface area contributed by atoms with E-state index >= 15 is 0 Å². The van der Waals surface area contributed by atoms with Crippen LogP contribution in [0.1, 0.15) is 18.5 Å². The molecule has 1 aromatic rings. The van der Waals surface area contributed by atoms with Crippen LogP contribution >= 0.6 is 0 Å². The molecule has 3 nitrogen and oxygen atoms in total. The molecule has 0 aliphatic heterocycles. The maximum absolute atomic E-state index is 12.9. The second kappa shape index (κ2) is 3.72. The molecule has 4 heteroatoms. The Morgan fingerprint density at radius 2 is 2.08 bits per heavy atom. The normalized spacial score (nSPS) is 15.4. The number of nitrogen functional groups attached to an aromatic ring is 1. The summed E-state index contributed by atoms with van der Waals surface area (Å²) < 4.78 is 12.9. The van der Waals surface area contributed by atoms with Crippen molar-refractivity contribution < 1.29 is 9.50 Å². The third-order valence-corrected chi connectivity index (χ3v) is 1.93. The third kappa shape index (κ3) is 2.17. The molecule has 0 aliphatic rings. The Kier molecular flexibility index (Phi) is 2.85. The lowest BCUT2D eigenvalue weighted by Crippen LogP contribution is -2.23. The zero-order chi connectivity index (χ0) is 10.0. The summed E-state index contributed by atoms with van der Waals surface area (Å²) in [6.45, 7) is 1.55. The van der Waals surface area contributed by atoms with Gasteiger partial charge in [-0.05, 0) is 24.6 Å². The highest BCUT2D eigenvalue weighted by atomic mass is 19.1. The molecule has 72 valence electrons. The van der Waals surface area contributed by atoms with Crippen molar-refractivity contribution in [3.63, 3.8) is 0 Å². The van der Waals surface area contributed by atoms with Crippen LogP contribution in [0.2, 0.25) is 0 Å². The fourth-order valence-electron chi connectivity index (χ4n) is 1.03. The van der Waals surface area contributed by atoms with Gasteiger partial charge in [0.05, 0.1) is 17.8 Å². The minimum atomic E-state index is -0.706. The van der Waals surface area contributed by atoms with Crippen molar-refractivity contribution in [2.45, 2.75) is 19.1 Å². The van der Waals surface area contributed by atoms with Crippen LogP contribution in [0.25, 0.3) is 0 Å². The average molecular weight is 184 g/mol. The molecule has 0 fully saturated rings. The molecule has 1 rings (SSSR count). The average Bonchev–Trinajstić information content (AvgIpc) is 2.08. The smallest absolute Gasteiger partial charge is 0.146 e. The molecular formula is C9H13FN2O. The van der Waals surface area contributed by atoms with Crippen molar-refractivity contribution in [2.24, 2.45) is 5.73 Å². The number of anilines is 1. The molecule has 0 bridgehead atoms. The molecule has 2 atom stereocenters. The number of aliphatic hydroxyl groups is 1. The molecule has 0 heterocycles. The van der Waals surface area contributed by atoms with Gasteiger partial charge in [-0.1, -0.05) is 6.07 Å². The first-order valence-electron chi connectivity index (χ1n) is 4.01. The van der Waals surface area contributed by atoms with Crippen LogP contribution in [-0.2, 0) is 0 Å². The maximum atomic E-state index is 12.9. The van der Waals surface area contributed by atoms with Gasteiger partial charge < -0.3 is 16.6 Å². The quantitative estimate of drug-likeness (QED) is 0.595. The van der Waals surface area contributed by atoms with E-state index in [-0.39, 0.29) is 5.69 Å². The molecular weight excluding hydrogens is 171 g/mol. The zero-order valence-electron chi connectivity index (χ0n) is 7.37. The number of rotatable bonds is 2. The van der Waals surface area contributed by atoms with Crippen molar-refractivity contribution in [1.29, 1.82) is 0 Å². The molecule has 1 aromatic carbocycles. The van der Waals surface area contributed by atoms with E-state index in [2.05, 4.69) is 0 Å². The van der Waals surface area contributed by atoms with E-state index in [1.165, 1.54) is 12.1 Å². The highest BCUT2D eigenvalue weighted by molar-refractivity contribution is 5.42. The Bertz CT molecular complexity index is 302. The fourth-order valence-corrected chi connectivity index (χ4v) is 1.03. The largest absolute Gasteiger partial charge is 0.396 e. The highest BCUT2D eigenvalue weighted by Crippen LogP contribution is 2.18. The Balaban J connectivity index is 2.97. The SMILES string of the molecule is C[C@H](O)[C@@H](N)c1ccc(N)c(F)c1. The molecule has 0 amide bonds. The van der Waals surface area contributed by atoms with E-state index in [9.17, 15) is 4.39 Å².